The third-order valence-electron chi connectivity index (χ3n) is 4.10. The summed E-state index contributed by atoms with van der Waals surface area (Å²) in [7, 11) is -3.48. The van der Waals surface area contributed by atoms with Crippen LogP contribution in [0.1, 0.15) is 37.8 Å². The molecule has 1 heterocycles. The Bertz CT molecular complexity index is 610. The van der Waals surface area contributed by atoms with Gasteiger partial charge in [0.2, 0.25) is 10.0 Å². The Kier molecular flexibility index (Phi) is 4.94. The number of rotatable bonds is 4. The van der Waals surface area contributed by atoms with Crippen molar-refractivity contribution in [2.24, 2.45) is 5.92 Å². The lowest BCUT2D eigenvalue weighted by atomic mass is 10.0. The summed E-state index contributed by atoms with van der Waals surface area (Å²) in [4.78, 5) is 0.307. The number of nitrogens with zero attached hydrogens (tertiary/aromatic N) is 1. The molecule has 1 fully saturated rings. The van der Waals surface area contributed by atoms with Crippen LogP contribution < -0.4 is 4.74 Å². The summed E-state index contributed by atoms with van der Waals surface area (Å²) in [5, 5.41) is 0. The zero-order chi connectivity index (χ0) is 15.6. The lowest BCUT2D eigenvalue weighted by molar-refractivity contribution is 0.278. The summed E-state index contributed by atoms with van der Waals surface area (Å²) >= 11 is 0. The molecule has 2 rings (SSSR count). The zero-order valence-corrected chi connectivity index (χ0v) is 14.2. The summed E-state index contributed by atoms with van der Waals surface area (Å²) in [6.07, 6.45) is 2.02. The van der Waals surface area contributed by atoms with Gasteiger partial charge >= 0.3 is 0 Å². The Labute approximate surface area is 128 Å². The zero-order valence-electron chi connectivity index (χ0n) is 13.3. The Morgan fingerprint density at radius 3 is 2.57 bits per heavy atom. The van der Waals surface area contributed by atoms with Gasteiger partial charge in [-0.3, -0.25) is 0 Å². The van der Waals surface area contributed by atoms with Crippen molar-refractivity contribution >= 4 is 10.0 Å². The molecule has 1 aromatic rings. The molecule has 0 aromatic heterocycles. The molecule has 1 aliphatic heterocycles. The number of hydrogen-bond donors (Lipinski definition) is 0. The molecule has 1 atom stereocenters. The SMILES string of the molecule is CCOc1cc(C)c(C)cc1S(=O)(=O)N1CCC[C@H](C)C1. The van der Waals surface area contributed by atoms with Gasteiger partial charge < -0.3 is 4.74 Å². The van der Waals surface area contributed by atoms with Crippen LogP contribution in [0.15, 0.2) is 17.0 Å². The molecule has 0 bridgehead atoms. The summed E-state index contributed by atoms with van der Waals surface area (Å²) in [6, 6.07) is 3.58. The van der Waals surface area contributed by atoms with Gasteiger partial charge in [0, 0.05) is 13.1 Å². The lowest BCUT2D eigenvalue weighted by Crippen LogP contribution is -2.39. The second kappa shape index (κ2) is 6.36. The molecule has 5 heteroatoms. The molecule has 0 aliphatic carbocycles. The van der Waals surface area contributed by atoms with E-state index >= 15 is 0 Å². The van der Waals surface area contributed by atoms with Gasteiger partial charge in [-0.1, -0.05) is 6.92 Å². The molecule has 118 valence electrons. The van der Waals surface area contributed by atoms with Gasteiger partial charge in [0.15, 0.2) is 0 Å². The van der Waals surface area contributed by atoms with Gasteiger partial charge in [0.25, 0.3) is 0 Å². The van der Waals surface area contributed by atoms with E-state index in [1.165, 1.54) is 0 Å². The van der Waals surface area contributed by atoms with Gasteiger partial charge in [-0.25, -0.2) is 8.42 Å². The molecular weight excluding hydrogens is 286 g/mol. The number of benzene rings is 1. The Balaban J connectivity index is 2.45. The Morgan fingerprint density at radius 2 is 1.95 bits per heavy atom. The monoisotopic (exact) mass is 311 g/mol. The fourth-order valence-corrected chi connectivity index (χ4v) is 4.53. The molecule has 0 spiro atoms. The first kappa shape index (κ1) is 16.3. The number of sulfonamides is 1. The van der Waals surface area contributed by atoms with Crippen LogP contribution in [0.5, 0.6) is 5.75 Å². The maximum Gasteiger partial charge on any atom is 0.246 e. The van der Waals surface area contributed by atoms with Crippen LogP contribution in [0.2, 0.25) is 0 Å². The molecule has 0 amide bonds. The van der Waals surface area contributed by atoms with Gasteiger partial charge in [0.1, 0.15) is 10.6 Å². The van der Waals surface area contributed by atoms with E-state index in [1.54, 1.807) is 10.4 Å². The third kappa shape index (κ3) is 3.40. The van der Waals surface area contributed by atoms with Crippen molar-refractivity contribution in [3.63, 3.8) is 0 Å². The van der Waals surface area contributed by atoms with Crippen molar-refractivity contribution in [1.82, 2.24) is 4.31 Å². The van der Waals surface area contributed by atoms with Crippen LogP contribution >= 0.6 is 0 Å². The smallest absolute Gasteiger partial charge is 0.246 e. The highest BCUT2D eigenvalue weighted by atomic mass is 32.2. The molecule has 21 heavy (non-hydrogen) atoms. The molecule has 4 nitrogen and oxygen atoms in total. The second-order valence-electron chi connectivity index (χ2n) is 5.93. The van der Waals surface area contributed by atoms with Crippen molar-refractivity contribution in [3.8, 4) is 5.75 Å². The van der Waals surface area contributed by atoms with E-state index in [2.05, 4.69) is 6.92 Å². The van der Waals surface area contributed by atoms with Gasteiger partial charge in [-0.05, 0) is 62.8 Å². The van der Waals surface area contributed by atoms with E-state index in [0.29, 0.717) is 36.3 Å². The van der Waals surface area contributed by atoms with E-state index in [0.717, 1.165) is 24.0 Å². The van der Waals surface area contributed by atoms with Gasteiger partial charge in [-0.2, -0.15) is 4.31 Å². The summed E-state index contributed by atoms with van der Waals surface area (Å²) in [5.41, 5.74) is 2.02. The maximum absolute atomic E-state index is 12.9. The largest absolute Gasteiger partial charge is 0.492 e. The van der Waals surface area contributed by atoms with Gasteiger partial charge in [-0.15, -0.1) is 0 Å². The van der Waals surface area contributed by atoms with Crippen molar-refractivity contribution in [3.05, 3.63) is 23.3 Å². The molecule has 1 aliphatic rings. The van der Waals surface area contributed by atoms with Crippen molar-refractivity contribution in [2.45, 2.75) is 45.4 Å². The minimum Gasteiger partial charge on any atom is -0.492 e. The highest BCUT2D eigenvalue weighted by Crippen LogP contribution is 2.32. The normalized spacial score (nSPS) is 20.5. The van der Waals surface area contributed by atoms with E-state index in [-0.39, 0.29) is 0 Å². The van der Waals surface area contributed by atoms with Crippen LogP contribution in [-0.2, 0) is 10.0 Å². The van der Waals surface area contributed by atoms with E-state index < -0.39 is 10.0 Å². The van der Waals surface area contributed by atoms with E-state index in [4.69, 9.17) is 4.74 Å². The van der Waals surface area contributed by atoms with E-state index in [9.17, 15) is 8.42 Å². The first-order chi connectivity index (χ1) is 9.86. The second-order valence-corrected chi connectivity index (χ2v) is 7.83. The van der Waals surface area contributed by atoms with Crippen LogP contribution in [-0.4, -0.2) is 32.4 Å². The molecule has 0 N–H and O–H groups in total. The minimum atomic E-state index is -3.48. The highest BCUT2D eigenvalue weighted by molar-refractivity contribution is 7.89. The highest BCUT2D eigenvalue weighted by Gasteiger charge is 2.31. The van der Waals surface area contributed by atoms with Crippen LogP contribution in [0.25, 0.3) is 0 Å². The summed E-state index contributed by atoms with van der Waals surface area (Å²) < 4.78 is 33.1. The van der Waals surface area contributed by atoms with Crippen LogP contribution in [0.4, 0.5) is 0 Å². The molecular formula is C16H25NO3S. The maximum atomic E-state index is 12.9. The molecule has 1 saturated heterocycles. The number of piperidine rings is 1. The standard InChI is InChI=1S/C16H25NO3S/c1-5-20-15-9-13(3)14(4)10-16(15)21(18,19)17-8-6-7-12(2)11-17/h9-10,12H,5-8,11H2,1-4H3/t12-/m0/s1. The first-order valence-electron chi connectivity index (χ1n) is 7.60. The average Bonchev–Trinajstić information content (AvgIpc) is 2.42. The fourth-order valence-electron chi connectivity index (χ4n) is 2.74. The minimum absolute atomic E-state index is 0.307. The number of hydrogen-bond acceptors (Lipinski definition) is 3. The molecule has 0 radical (unpaired) electrons. The average molecular weight is 311 g/mol. The van der Waals surface area contributed by atoms with Crippen LogP contribution in [0, 0.1) is 19.8 Å². The van der Waals surface area contributed by atoms with Crippen LogP contribution in [0.3, 0.4) is 0 Å². The summed E-state index contributed by atoms with van der Waals surface area (Å²) in [6.45, 7) is 9.54. The lowest BCUT2D eigenvalue weighted by Gasteiger charge is -2.30. The quantitative estimate of drug-likeness (QED) is 0.858. The van der Waals surface area contributed by atoms with E-state index in [1.807, 2.05) is 26.8 Å². The Hall–Kier alpha value is -1.07. The molecule has 0 unspecified atom stereocenters. The topological polar surface area (TPSA) is 46.6 Å². The van der Waals surface area contributed by atoms with Crippen molar-refractivity contribution < 1.29 is 13.2 Å². The number of ether oxygens (including phenoxy) is 1. The molecule has 1 aromatic carbocycles. The summed E-state index contributed by atoms with van der Waals surface area (Å²) in [5.74, 6) is 0.884. The van der Waals surface area contributed by atoms with Crippen molar-refractivity contribution in [1.29, 1.82) is 0 Å². The third-order valence-corrected chi connectivity index (χ3v) is 5.98. The first-order valence-corrected chi connectivity index (χ1v) is 9.04. The van der Waals surface area contributed by atoms with Crippen molar-refractivity contribution in [2.75, 3.05) is 19.7 Å². The fraction of sp³-hybridized carbons (Fsp3) is 0.625. The predicted molar refractivity (Wildman–Crippen MR) is 84.2 cm³/mol. The number of aryl methyl sites for hydroxylation is 2. The molecule has 0 saturated carbocycles. The predicted octanol–water partition coefficient (Wildman–Crippen LogP) is 3.12. The van der Waals surface area contributed by atoms with Gasteiger partial charge in [0.05, 0.1) is 6.61 Å². The Morgan fingerprint density at radius 1 is 1.29 bits per heavy atom.